The second-order valence-electron chi connectivity index (χ2n) is 6.59. The van der Waals surface area contributed by atoms with E-state index in [2.05, 4.69) is 0 Å². The zero-order valence-electron chi connectivity index (χ0n) is 14.9. The molecule has 0 atom stereocenters. The van der Waals surface area contributed by atoms with Crippen LogP contribution in [-0.4, -0.2) is 54.0 Å². The van der Waals surface area contributed by atoms with Gasteiger partial charge in [-0.1, -0.05) is 0 Å². The molecule has 10 heteroatoms. The van der Waals surface area contributed by atoms with Crippen molar-refractivity contribution >= 4 is 25.7 Å². The number of fused-ring (bicyclic) bond motifs is 1. The van der Waals surface area contributed by atoms with Crippen LogP contribution in [0.1, 0.15) is 5.56 Å². The van der Waals surface area contributed by atoms with Crippen LogP contribution < -0.4 is 4.31 Å². The van der Waals surface area contributed by atoms with Gasteiger partial charge in [0.15, 0.2) is 0 Å². The van der Waals surface area contributed by atoms with Crippen molar-refractivity contribution in [1.29, 1.82) is 0 Å². The maximum atomic E-state index is 13.1. The van der Waals surface area contributed by atoms with Crippen molar-refractivity contribution in [3.63, 3.8) is 0 Å². The molecule has 0 aliphatic carbocycles. The van der Waals surface area contributed by atoms with Crippen molar-refractivity contribution < 1.29 is 26.0 Å². The maximum absolute atomic E-state index is 13.1. The highest BCUT2D eigenvalue weighted by atomic mass is 32.2. The molecule has 0 bridgehead atoms. The Morgan fingerprint density at radius 2 is 1.46 bits per heavy atom. The number of hydrogen-bond acceptors (Lipinski definition) is 5. The third-order valence-corrected chi connectivity index (χ3v) is 8.64. The first-order valence-electron chi connectivity index (χ1n) is 8.79. The van der Waals surface area contributed by atoms with Crippen LogP contribution in [0.4, 0.5) is 10.1 Å². The Bertz CT molecular complexity index is 1100. The highest BCUT2D eigenvalue weighted by Gasteiger charge is 2.33. The predicted octanol–water partition coefficient (Wildman–Crippen LogP) is 1.60. The average molecular weight is 426 g/mol. The molecule has 2 aromatic rings. The summed E-state index contributed by atoms with van der Waals surface area (Å²) in [5, 5.41) is 0. The van der Waals surface area contributed by atoms with E-state index in [1.165, 1.54) is 32.9 Å². The van der Waals surface area contributed by atoms with Crippen LogP contribution >= 0.6 is 0 Å². The number of benzene rings is 2. The minimum atomic E-state index is -3.85. The number of sulfonamides is 2. The Hall–Kier alpha value is -2.01. The van der Waals surface area contributed by atoms with Gasteiger partial charge in [-0.15, -0.1) is 0 Å². The Kier molecular flexibility index (Phi) is 4.90. The lowest BCUT2D eigenvalue weighted by molar-refractivity contribution is 0.0730. The molecule has 4 rings (SSSR count). The molecule has 0 spiro atoms. The molecule has 2 heterocycles. The number of anilines is 1. The molecular formula is C18H19FN2O5S2. The molecule has 1 fully saturated rings. The highest BCUT2D eigenvalue weighted by molar-refractivity contribution is 7.92. The van der Waals surface area contributed by atoms with Gasteiger partial charge in [-0.2, -0.15) is 4.31 Å². The van der Waals surface area contributed by atoms with E-state index in [0.717, 1.165) is 12.1 Å². The monoisotopic (exact) mass is 426 g/mol. The Labute approximate surface area is 163 Å². The first-order valence-corrected chi connectivity index (χ1v) is 11.7. The molecule has 0 saturated carbocycles. The molecule has 1 saturated heterocycles. The van der Waals surface area contributed by atoms with E-state index >= 15 is 0 Å². The second kappa shape index (κ2) is 7.11. The van der Waals surface area contributed by atoms with Crippen LogP contribution in [0.15, 0.2) is 52.3 Å². The van der Waals surface area contributed by atoms with Crippen molar-refractivity contribution in [2.75, 3.05) is 37.2 Å². The van der Waals surface area contributed by atoms with E-state index in [1.54, 1.807) is 6.07 Å². The van der Waals surface area contributed by atoms with Crippen molar-refractivity contribution in [3.05, 3.63) is 53.8 Å². The van der Waals surface area contributed by atoms with Gasteiger partial charge >= 0.3 is 0 Å². The fourth-order valence-electron chi connectivity index (χ4n) is 3.43. The molecule has 150 valence electrons. The van der Waals surface area contributed by atoms with Gasteiger partial charge in [0, 0.05) is 19.6 Å². The maximum Gasteiger partial charge on any atom is 0.264 e. The third-order valence-electron chi connectivity index (χ3n) is 4.91. The molecule has 2 aromatic carbocycles. The normalized spacial score (nSPS) is 18.2. The van der Waals surface area contributed by atoms with Gasteiger partial charge < -0.3 is 4.74 Å². The van der Waals surface area contributed by atoms with Crippen molar-refractivity contribution in [2.45, 2.75) is 16.2 Å². The molecule has 2 aliphatic heterocycles. The fourth-order valence-corrected chi connectivity index (χ4v) is 6.39. The van der Waals surface area contributed by atoms with Gasteiger partial charge in [0.1, 0.15) is 5.82 Å². The molecule has 2 aliphatic rings. The van der Waals surface area contributed by atoms with Gasteiger partial charge in [-0.3, -0.25) is 4.31 Å². The summed E-state index contributed by atoms with van der Waals surface area (Å²) in [5.74, 6) is -0.515. The topological polar surface area (TPSA) is 84.0 Å². The third kappa shape index (κ3) is 3.30. The van der Waals surface area contributed by atoms with E-state index in [1.807, 2.05) is 0 Å². The van der Waals surface area contributed by atoms with Crippen LogP contribution in [0.2, 0.25) is 0 Å². The van der Waals surface area contributed by atoms with Crippen LogP contribution in [0.5, 0.6) is 0 Å². The summed E-state index contributed by atoms with van der Waals surface area (Å²) in [7, 11) is -7.50. The summed E-state index contributed by atoms with van der Waals surface area (Å²) in [5.41, 5.74) is 1.10. The summed E-state index contributed by atoms with van der Waals surface area (Å²) in [6, 6.07) is 9.14. The number of ether oxygens (including phenoxy) is 1. The lowest BCUT2D eigenvalue weighted by Crippen LogP contribution is -2.40. The Morgan fingerprint density at radius 1 is 0.821 bits per heavy atom. The zero-order valence-corrected chi connectivity index (χ0v) is 16.5. The van der Waals surface area contributed by atoms with E-state index in [-0.39, 0.29) is 16.3 Å². The van der Waals surface area contributed by atoms with Crippen molar-refractivity contribution in [3.8, 4) is 0 Å². The van der Waals surface area contributed by atoms with Crippen LogP contribution in [0, 0.1) is 5.82 Å². The van der Waals surface area contributed by atoms with Gasteiger partial charge in [0.05, 0.1) is 28.7 Å². The van der Waals surface area contributed by atoms with E-state index in [4.69, 9.17) is 4.74 Å². The quantitative estimate of drug-likeness (QED) is 0.742. The van der Waals surface area contributed by atoms with E-state index < -0.39 is 25.9 Å². The number of hydrogen-bond donors (Lipinski definition) is 0. The highest BCUT2D eigenvalue weighted by Crippen LogP contribution is 2.35. The summed E-state index contributed by atoms with van der Waals surface area (Å²) < 4.78 is 72.4. The van der Waals surface area contributed by atoms with Crippen molar-refractivity contribution in [2.24, 2.45) is 0 Å². The minimum absolute atomic E-state index is 0.00763. The van der Waals surface area contributed by atoms with E-state index in [0.29, 0.717) is 44.0 Å². The van der Waals surface area contributed by atoms with Gasteiger partial charge in [-0.05, 0) is 54.4 Å². The first-order chi connectivity index (χ1) is 13.3. The number of morpholine rings is 1. The first kappa shape index (κ1) is 19.3. The molecule has 0 unspecified atom stereocenters. The molecule has 0 N–H and O–H groups in total. The Morgan fingerprint density at radius 3 is 2.14 bits per heavy atom. The lowest BCUT2D eigenvalue weighted by atomic mass is 10.2. The van der Waals surface area contributed by atoms with Gasteiger partial charge in [0.2, 0.25) is 10.0 Å². The van der Waals surface area contributed by atoms with E-state index in [9.17, 15) is 21.2 Å². The molecule has 0 aromatic heterocycles. The smallest absolute Gasteiger partial charge is 0.264 e. The predicted molar refractivity (Wildman–Crippen MR) is 101 cm³/mol. The van der Waals surface area contributed by atoms with Crippen molar-refractivity contribution in [1.82, 2.24) is 4.31 Å². The molecule has 0 radical (unpaired) electrons. The summed E-state index contributed by atoms with van der Waals surface area (Å²) in [4.78, 5) is 0.140. The summed E-state index contributed by atoms with van der Waals surface area (Å²) in [6.07, 6.45) is 0.405. The Balaban J connectivity index is 1.66. The second-order valence-corrected chi connectivity index (χ2v) is 10.4. The van der Waals surface area contributed by atoms with Gasteiger partial charge in [0.25, 0.3) is 10.0 Å². The number of nitrogens with zero attached hydrogens (tertiary/aromatic N) is 2. The molecule has 7 nitrogen and oxygen atoms in total. The lowest BCUT2D eigenvalue weighted by Gasteiger charge is -2.26. The van der Waals surface area contributed by atoms with Gasteiger partial charge in [-0.25, -0.2) is 21.2 Å². The zero-order chi connectivity index (χ0) is 19.9. The standard InChI is InChI=1S/C18H19FN2O5S2/c19-15-1-3-16(4-2-15)28(24,25)21-8-7-14-13-17(5-6-18(14)21)27(22,23)20-9-11-26-12-10-20/h1-6,13H,7-12H2. The van der Waals surface area contributed by atoms with Crippen LogP contribution in [0.3, 0.4) is 0 Å². The van der Waals surface area contributed by atoms with Crippen LogP contribution in [-0.2, 0) is 31.2 Å². The summed E-state index contributed by atoms with van der Waals surface area (Å²) >= 11 is 0. The minimum Gasteiger partial charge on any atom is -0.379 e. The number of rotatable bonds is 4. The van der Waals surface area contributed by atoms with Crippen LogP contribution in [0.25, 0.3) is 0 Å². The SMILES string of the molecule is O=S(=O)(c1ccc2c(c1)CCN2S(=O)(=O)c1ccc(F)cc1)N1CCOCC1. The average Bonchev–Trinajstić information content (AvgIpc) is 3.13. The molecular weight excluding hydrogens is 407 g/mol. The fraction of sp³-hybridized carbons (Fsp3) is 0.333. The molecule has 28 heavy (non-hydrogen) atoms. The largest absolute Gasteiger partial charge is 0.379 e. The molecule has 0 amide bonds. The number of halogens is 1. The summed E-state index contributed by atoms with van der Waals surface area (Å²) in [6.45, 7) is 1.51.